The molecule has 0 radical (unpaired) electrons. The van der Waals surface area contributed by atoms with Crippen molar-refractivity contribution in [3.05, 3.63) is 39.8 Å². The maximum absolute atomic E-state index is 10.6. The van der Waals surface area contributed by atoms with Gasteiger partial charge in [0.25, 0.3) is 16.8 Å². The highest BCUT2D eigenvalue weighted by Crippen LogP contribution is 2.24. The van der Waals surface area contributed by atoms with Crippen LogP contribution in [0.3, 0.4) is 0 Å². The molecule has 0 unspecified atom stereocenters. The second-order valence-corrected chi connectivity index (χ2v) is 5.07. The maximum Gasteiger partial charge on any atom is 0.314 e. The molecule has 2 rings (SSSR count). The Morgan fingerprint density at radius 2 is 2.27 bits per heavy atom. The van der Waals surface area contributed by atoms with E-state index in [4.69, 9.17) is 14.3 Å². The van der Waals surface area contributed by atoms with Crippen LogP contribution >= 0.6 is 11.8 Å². The number of carboxylic acids is 1. The number of rotatable bonds is 7. The van der Waals surface area contributed by atoms with Crippen LogP contribution in [0.15, 0.2) is 27.8 Å². The van der Waals surface area contributed by atoms with E-state index in [9.17, 15) is 14.9 Å². The number of hydrogen-bond donors (Lipinski definition) is 1. The number of hydrogen-bond acceptors (Lipinski definition) is 8. The third-order valence-electron chi connectivity index (χ3n) is 2.49. The lowest BCUT2D eigenvalue weighted by atomic mass is 10.2. The molecule has 10 heteroatoms. The standard InChI is InChI=1S/C12H11N3O6S/c1-7-4-8(15(18)19)2-3-9(7)20-5-10-13-14-12(21-10)22-6-11(16)17/h2-4H,5-6H2,1H3,(H,16,17). The first-order valence-electron chi connectivity index (χ1n) is 6.00. The monoisotopic (exact) mass is 325 g/mol. The predicted molar refractivity (Wildman–Crippen MR) is 74.8 cm³/mol. The number of nitrogens with zero attached hydrogens (tertiary/aromatic N) is 3. The molecule has 1 aromatic carbocycles. The van der Waals surface area contributed by atoms with Crippen LogP contribution in [0.2, 0.25) is 0 Å². The predicted octanol–water partition coefficient (Wildman–Crippen LogP) is 2.04. The van der Waals surface area contributed by atoms with Crippen LogP contribution in [-0.4, -0.2) is 31.9 Å². The van der Waals surface area contributed by atoms with E-state index in [1.165, 1.54) is 18.2 Å². The molecule has 0 aliphatic rings. The summed E-state index contributed by atoms with van der Waals surface area (Å²) < 4.78 is 10.7. The summed E-state index contributed by atoms with van der Waals surface area (Å²) in [7, 11) is 0. The van der Waals surface area contributed by atoms with Crippen LogP contribution in [-0.2, 0) is 11.4 Å². The number of aryl methyl sites for hydroxylation is 1. The van der Waals surface area contributed by atoms with Crippen molar-refractivity contribution in [2.75, 3.05) is 5.75 Å². The van der Waals surface area contributed by atoms with E-state index in [1.807, 2.05) is 0 Å². The van der Waals surface area contributed by atoms with Gasteiger partial charge < -0.3 is 14.3 Å². The van der Waals surface area contributed by atoms with Gasteiger partial charge in [-0.15, -0.1) is 10.2 Å². The Labute approximate surface area is 128 Å². The Morgan fingerprint density at radius 1 is 1.50 bits per heavy atom. The molecule has 116 valence electrons. The van der Waals surface area contributed by atoms with Crippen molar-refractivity contribution >= 4 is 23.4 Å². The Balaban J connectivity index is 1.95. The third kappa shape index (κ3) is 4.19. The number of non-ortho nitro benzene ring substituents is 1. The van der Waals surface area contributed by atoms with Crippen molar-refractivity contribution in [1.29, 1.82) is 0 Å². The van der Waals surface area contributed by atoms with Crippen LogP contribution in [0.4, 0.5) is 5.69 Å². The number of aromatic nitrogens is 2. The maximum atomic E-state index is 10.6. The zero-order valence-electron chi connectivity index (χ0n) is 11.4. The lowest BCUT2D eigenvalue weighted by molar-refractivity contribution is -0.384. The van der Waals surface area contributed by atoms with Crippen molar-refractivity contribution in [1.82, 2.24) is 10.2 Å². The minimum Gasteiger partial charge on any atom is -0.484 e. The van der Waals surface area contributed by atoms with Crippen LogP contribution < -0.4 is 4.74 Å². The third-order valence-corrected chi connectivity index (χ3v) is 3.29. The highest BCUT2D eigenvalue weighted by molar-refractivity contribution is 7.99. The quantitative estimate of drug-likeness (QED) is 0.461. The second-order valence-electron chi connectivity index (χ2n) is 4.14. The number of benzene rings is 1. The van der Waals surface area contributed by atoms with Crippen LogP contribution in [0.1, 0.15) is 11.5 Å². The minimum atomic E-state index is -0.984. The minimum absolute atomic E-state index is 0.0146. The molecule has 1 heterocycles. The average molecular weight is 325 g/mol. The molecule has 1 aromatic heterocycles. The Kier molecular flexibility index (Phi) is 4.94. The lowest BCUT2D eigenvalue weighted by Gasteiger charge is -2.06. The van der Waals surface area contributed by atoms with Crippen LogP contribution in [0.25, 0.3) is 0 Å². The van der Waals surface area contributed by atoms with Gasteiger partial charge in [-0.1, -0.05) is 11.8 Å². The van der Waals surface area contributed by atoms with Gasteiger partial charge in [-0.25, -0.2) is 0 Å². The molecule has 0 atom stereocenters. The number of thioether (sulfide) groups is 1. The van der Waals surface area contributed by atoms with E-state index >= 15 is 0 Å². The summed E-state index contributed by atoms with van der Waals surface area (Å²) in [5.41, 5.74) is 0.587. The second kappa shape index (κ2) is 6.89. The van der Waals surface area contributed by atoms with Gasteiger partial charge in [-0.3, -0.25) is 14.9 Å². The van der Waals surface area contributed by atoms with E-state index in [2.05, 4.69) is 10.2 Å². The van der Waals surface area contributed by atoms with E-state index in [0.717, 1.165) is 11.8 Å². The number of carbonyl (C=O) groups is 1. The number of carboxylic acid groups (broad SMARTS) is 1. The topological polar surface area (TPSA) is 129 Å². The highest BCUT2D eigenvalue weighted by Gasteiger charge is 2.12. The first kappa shape index (κ1) is 15.8. The van der Waals surface area contributed by atoms with E-state index in [0.29, 0.717) is 11.3 Å². The number of nitro groups is 1. The molecular weight excluding hydrogens is 314 g/mol. The molecule has 0 spiro atoms. The van der Waals surface area contributed by atoms with Crippen molar-refractivity contribution < 1.29 is 24.0 Å². The zero-order chi connectivity index (χ0) is 16.1. The van der Waals surface area contributed by atoms with Crippen LogP contribution in [0, 0.1) is 17.0 Å². The first-order valence-corrected chi connectivity index (χ1v) is 6.99. The normalized spacial score (nSPS) is 10.4. The highest BCUT2D eigenvalue weighted by atomic mass is 32.2. The smallest absolute Gasteiger partial charge is 0.314 e. The average Bonchev–Trinajstić information content (AvgIpc) is 2.91. The van der Waals surface area contributed by atoms with Crippen LogP contribution in [0.5, 0.6) is 5.75 Å². The van der Waals surface area contributed by atoms with Crippen molar-refractivity contribution in [2.45, 2.75) is 18.8 Å². The van der Waals surface area contributed by atoms with Gasteiger partial charge >= 0.3 is 5.97 Å². The van der Waals surface area contributed by atoms with E-state index in [-0.39, 0.29) is 29.2 Å². The van der Waals surface area contributed by atoms with Crippen molar-refractivity contribution in [2.24, 2.45) is 0 Å². The van der Waals surface area contributed by atoms with Gasteiger partial charge in [0.2, 0.25) is 0 Å². The fourth-order valence-electron chi connectivity index (χ4n) is 1.53. The number of aliphatic carboxylic acids is 1. The van der Waals surface area contributed by atoms with Gasteiger partial charge in [0.05, 0.1) is 4.92 Å². The zero-order valence-corrected chi connectivity index (χ0v) is 12.2. The molecule has 0 saturated carbocycles. The van der Waals surface area contributed by atoms with E-state index < -0.39 is 10.9 Å². The lowest BCUT2D eigenvalue weighted by Crippen LogP contribution is -1.98. The largest absolute Gasteiger partial charge is 0.484 e. The number of ether oxygens (including phenoxy) is 1. The molecule has 0 aliphatic heterocycles. The first-order chi connectivity index (χ1) is 10.5. The molecule has 0 amide bonds. The molecule has 0 aliphatic carbocycles. The Bertz CT molecular complexity index is 702. The summed E-state index contributed by atoms with van der Waals surface area (Å²) >= 11 is 0.909. The molecule has 1 N–H and O–H groups in total. The molecule has 2 aromatic rings. The molecule has 0 bridgehead atoms. The summed E-state index contributed by atoms with van der Waals surface area (Å²) in [5, 5.41) is 26.7. The Hall–Kier alpha value is -2.62. The summed E-state index contributed by atoms with van der Waals surface area (Å²) in [6.45, 7) is 1.67. The van der Waals surface area contributed by atoms with Gasteiger partial charge in [-0.05, 0) is 18.6 Å². The van der Waals surface area contributed by atoms with Gasteiger partial charge in [0, 0.05) is 12.1 Å². The van der Waals surface area contributed by atoms with Gasteiger partial charge in [0.15, 0.2) is 6.61 Å². The molecule has 22 heavy (non-hydrogen) atoms. The summed E-state index contributed by atoms with van der Waals surface area (Å²) in [6.07, 6.45) is 0. The fraction of sp³-hybridized carbons (Fsp3) is 0.250. The van der Waals surface area contributed by atoms with Gasteiger partial charge in [-0.2, -0.15) is 0 Å². The molecule has 0 saturated heterocycles. The van der Waals surface area contributed by atoms with Gasteiger partial charge in [0.1, 0.15) is 11.5 Å². The fourth-order valence-corrected chi connectivity index (χ4v) is 2.03. The van der Waals surface area contributed by atoms with E-state index in [1.54, 1.807) is 6.92 Å². The molecule has 0 fully saturated rings. The van der Waals surface area contributed by atoms with Crippen molar-refractivity contribution in [3.8, 4) is 5.75 Å². The summed E-state index contributed by atoms with van der Waals surface area (Å²) in [6, 6.07) is 4.23. The summed E-state index contributed by atoms with van der Waals surface area (Å²) in [4.78, 5) is 20.6. The molecular formula is C12H11N3O6S. The molecule has 9 nitrogen and oxygen atoms in total. The summed E-state index contributed by atoms with van der Waals surface area (Å²) in [5.74, 6) is -0.513. The Morgan fingerprint density at radius 3 is 2.91 bits per heavy atom. The SMILES string of the molecule is Cc1cc([N+](=O)[O-])ccc1OCc1nnc(SCC(=O)O)o1. The van der Waals surface area contributed by atoms with Crippen molar-refractivity contribution in [3.63, 3.8) is 0 Å². The number of nitro benzene ring substituents is 1.